The largest absolute Gasteiger partial charge is 0.490 e. The van der Waals surface area contributed by atoms with Gasteiger partial charge in [-0.15, -0.1) is 0 Å². The zero-order chi connectivity index (χ0) is 20.7. The number of anilines is 1. The molecule has 1 saturated heterocycles. The van der Waals surface area contributed by atoms with Crippen molar-refractivity contribution in [2.24, 2.45) is 0 Å². The molecule has 0 radical (unpaired) electrons. The lowest BCUT2D eigenvalue weighted by Crippen LogP contribution is -2.40. The number of nitrogens with one attached hydrogen (secondary N) is 2. The number of carbonyl (C=O) groups is 2. The van der Waals surface area contributed by atoms with E-state index >= 15 is 0 Å². The SMILES string of the molecule is O=C1CCOc2c(NC(=O)N3CCC(c4c[nH]c5ccc(F)cc45)CC3)cccc21. The molecule has 30 heavy (non-hydrogen) atoms. The first-order valence-electron chi connectivity index (χ1n) is 10.2. The summed E-state index contributed by atoms with van der Waals surface area (Å²) in [6, 6.07) is 9.81. The van der Waals surface area contributed by atoms with Crippen molar-refractivity contribution in [3.05, 3.63) is 59.5 Å². The maximum Gasteiger partial charge on any atom is 0.321 e. The van der Waals surface area contributed by atoms with Crippen LogP contribution in [0.15, 0.2) is 42.6 Å². The minimum Gasteiger partial charge on any atom is -0.490 e. The molecular formula is C23H22FN3O3. The monoisotopic (exact) mass is 407 g/mol. The summed E-state index contributed by atoms with van der Waals surface area (Å²) in [6.45, 7) is 1.54. The predicted molar refractivity (Wildman–Crippen MR) is 112 cm³/mol. The second-order valence-electron chi connectivity index (χ2n) is 7.83. The number of aromatic nitrogens is 1. The van der Waals surface area contributed by atoms with E-state index in [-0.39, 0.29) is 23.5 Å². The molecule has 0 unspecified atom stereocenters. The van der Waals surface area contributed by atoms with Crippen LogP contribution in [0.25, 0.3) is 10.9 Å². The van der Waals surface area contributed by atoms with E-state index in [1.54, 1.807) is 35.2 Å². The lowest BCUT2D eigenvalue weighted by molar-refractivity contribution is 0.0934. The van der Waals surface area contributed by atoms with Gasteiger partial charge in [-0.2, -0.15) is 0 Å². The van der Waals surface area contributed by atoms with Crippen LogP contribution in [0.1, 0.15) is 41.1 Å². The molecule has 2 aromatic carbocycles. The Kier molecular flexibility index (Phi) is 4.65. The Morgan fingerprint density at radius 1 is 1.20 bits per heavy atom. The summed E-state index contributed by atoms with van der Waals surface area (Å²) in [5.74, 6) is 0.517. The molecule has 0 atom stereocenters. The number of urea groups is 1. The van der Waals surface area contributed by atoms with Crippen LogP contribution >= 0.6 is 0 Å². The van der Waals surface area contributed by atoms with E-state index < -0.39 is 0 Å². The molecule has 2 aliphatic rings. The number of piperidine rings is 1. The zero-order valence-corrected chi connectivity index (χ0v) is 16.4. The van der Waals surface area contributed by atoms with E-state index in [1.807, 2.05) is 6.20 Å². The third-order valence-electron chi connectivity index (χ3n) is 6.03. The van der Waals surface area contributed by atoms with E-state index in [2.05, 4.69) is 10.3 Å². The van der Waals surface area contributed by atoms with Gasteiger partial charge in [0.2, 0.25) is 0 Å². The number of ketones is 1. The minimum absolute atomic E-state index is 0.0309. The lowest BCUT2D eigenvalue weighted by Gasteiger charge is -2.32. The van der Waals surface area contributed by atoms with Crippen LogP contribution in [-0.4, -0.2) is 41.4 Å². The first kappa shape index (κ1) is 18.7. The smallest absolute Gasteiger partial charge is 0.321 e. The summed E-state index contributed by atoms with van der Waals surface area (Å²) in [5, 5.41) is 3.81. The molecule has 5 rings (SSSR count). The van der Waals surface area contributed by atoms with Crippen molar-refractivity contribution in [3.8, 4) is 5.75 Å². The van der Waals surface area contributed by atoms with Crippen LogP contribution in [0, 0.1) is 5.82 Å². The van der Waals surface area contributed by atoms with Crippen molar-refractivity contribution >= 4 is 28.4 Å². The number of ether oxygens (including phenoxy) is 1. The Bertz CT molecular complexity index is 1130. The molecule has 2 aliphatic heterocycles. The summed E-state index contributed by atoms with van der Waals surface area (Å²) < 4.78 is 19.3. The number of rotatable bonds is 2. The molecule has 154 valence electrons. The van der Waals surface area contributed by atoms with Crippen LogP contribution < -0.4 is 10.1 Å². The molecule has 0 bridgehead atoms. The van der Waals surface area contributed by atoms with Gasteiger partial charge in [0.25, 0.3) is 0 Å². The van der Waals surface area contributed by atoms with Crippen LogP contribution in [0.5, 0.6) is 5.75 Å². The summed E-state index contributed by atoms with van der Waals surface area (Å²) in [4.78, 5) is 29.8. The average Bonchev–Trinajstić information content (AvgIpc) is 3.17. The van der Waals surface area contributed by atoms with Crippen molar-refractivity contribution in [1.29, 1.82) is 0 Å². The van der Waals surface area contributed by atoms with E-state index in [0.29, 0.717) is 43.1 Å². The maximum atomic E-state index is 13.7. The van der Waals surface area contributed by atoms with Gasteiger partial charge in [0.1, 0.15) is 5.82 Å². The minimum atomic E-state index is -0.243. The fraction of sp³-hybridized carbons (Fsp3) is 0.304. The highest BCUT2D eigenvalue weighted by atomic mass is 19.1. The zero-order valence-electron chi connectivity index (χ0n) is 16.4. The van der Waals surface area contributed by atoms with Gasteiger partial charge in [0.15, 0.2) is 11.5 Å². The Hall–Kier alpha value is -3.35. The second kappa shape index (κ2) is 7.48. The number of amides is 2. The summed E-state index contributed by atoms with van der Waals surface area (Å²) >= 11 is 0. The summed E-state index contributed by atoms with van der Waals surface area (Å²) in [7, 11) is 0. The van der Waals surface area contributed by atoms with Gasteiger partial charge in [-0.05, 0) is 54.7 Å². The van der Waals surface area contributed by atoms with Crippen molar-refractivity contribution in [2.45, 2.75) is 25.2 Å². The number of hydrogen-bond donors (Lipinski definition) is 2. The average molecular weight is 407 g/mol. The van der Waals surface area contributed by atoms with Gasteiger partial charge in [0, 0.05) is 36.6 Å². The van der Waals surface area contributed by atoms with Crippen LogP contribution in [-0.2, 0) is 0 Å². The van der Waals surface area contributed by atoms with Crippen LogP contribution in [0.2, 0.25) is 0 Å². The number of Topliss-reactive ketones (excluding diaryl/α,β-unsaturated/α-hetero) is 1. The third kappa shape index (κ3) is 3.30. The van der Waals surface area contributed by atoms with E-state index in [1.165, 1.54) is 6.07 Å². The van der Waals surface area contributed by atoms with Crippen LogP contribution in [0.3, 0.4) is 0 Å². The second-order valence-corrected chi connectivity index (χ2v) is 7.83. The molecular weight excluding hydrogens is 385 g/mol. The first-order chi connectivity index (χ1) is 14.6. The Labute approximate surface area is 173 Å². The molecule has 0 spiro atoms. The molecule has 3 heterocycles. The number of hydrogen-bond acceptors (Lipinski definition) is 3. The summed E-state index contributed by atoms with van der Waals surface area (Å²) in [5.41, 5.74) is 3.08. The summed E-state index contributed by atoms with van der Waals surface area (Å²) in [6.07, 6.45) is 3.92. The number of halogens is 1. The molecule has 6 nitrogen and oxygen atoms in total. The first-order valence-corrected chi connectivity index (χ1v) is 10.2. The van der Waals surface area contributed by atoms with Crippen molar-refractivity contribution in [3.63, 3.8) is 0 Å². The Balaban J connectivity index is 1.27. The number of fused-ring (bicyclic) bond motifs is 2. The molecule has 1 aromatic heterocycles. The molecule has 0 aliphatic carbocycles. The quantitative estimate of drug-likeness (QED) is 0.648. The topological polar surface area (TPSA) is 74.4 Å². The van der Waals surface area contributed by atoms with Gasteiger partial charge in [-0.25, -0.2) is 9.18 Å². The Morgan fingerprint density at radius 3 is 2.87 bits per heavy atom. The van der Waals surface area contributed by atoms with E-state index in [9.17, 15) is 14.0 Å². The number of carbonyl (C=O) groups excluding carboxylic acids is 2. The molecule has 0 saturated carbocycles. The lowest BCUT2D eigenvalue weighted by atomic mass is 9.89. The van der Waals surface area contributed by atoms with Crippen molar-refractivity contribution in [1.82, 2.24) is 9.88 Å². The van der Waals surface area contributed by atoms with Crippen molar-refractivity contribution in [2.75, 3.05) is 25.0 Å². The molecule has 3 aromatic rings. The van der Waals surface area contributed by atoms with Gasteiger partial charge in [-0.1, -0.05) is 6.07 Å². The Morgan fingerprint density at radius 2 is 2.03 bits per heavy atom. The highest BCUT2D eigenvalue weighted by molar-refractivity contribution is 6.03. The van der Waals surface area contributed by atoms with E-state index in [0.717, 1.165) is 29.3 Å². The fourth-order valence-corrected chi connectivity index (χ4v) is 4.43. The number of likely N-dealkylation sites (tertiary alicyclic amines) is 1. The molecule has 2 amide bonds. The van der Waals surface area contributed by atoms with Gasteiger partial charge >= 0.3 is 6.03 Å². The van der Waals surface area contributed by atoms with Crippen LogP contribution in [0.4, 0.5) is 14.9 Å². The molecule has 1 fully saturated rings. The predicted octanol–water partition coefficient (Wildman–Crippen LogP) is 4.68. The van der Waals surface area contributed by atoms with Gasteiger partial charge in [-0.3, -0.25) is 4.79 Å². The normalized spacial score (nSPS) is 17.0. The molecule has 2 N–H and O–H groups in total. The standard InChI is InChI=1S/C23H22FN3O3/c24-15-4-5-19-17(12-15)18(13-25-19)14-6-9-27(10-7-14)23(29)26-20-3-1-2-16-21(28)8-11-30-22(16)20/h1-5,12-14,25H,6-11H2,(H,26,29). The number of benzene rings is 2. The highest BCUT2D eigenvalue weighted by Crippen LogP contribution is 2.35. The van der Waals surface area contributed by atoms with Gasteiger partial charge in [0.05, 0.1) is 17.9 Å². The third-order valence-corrected chi connectivity index (χ3v) is 6.03. The number of nitrogens with zero attached hydrogens (tertiary/aromatic N) is 1. The van der Waals surface area contributed by atoms with E-state index in [4.69, 9.17) is 4.74 Å². The molecule has 7 heteroatoms. The maximum absolute atomic E-state index is 13.7. The van der Waals surface area contributed by atoms with Gasteiger partial charge < -0.3 is 19.9 Å². The van der Waals surface area contributed by atoms with Crippen molar-refractivity contribution < 1.29 is 18.7 Å². The fourth-order valence-electron chi connectivity index (χ4n) is 4.43. The number of para-hydroxylation sites is 1. The highest BCUT2D eigenvalue weighted by Gasteiger charge is 2.27. The number of H-pyrrole nitrogens is 1. The number of aromatic amines is 1.